The van der Waals surface area contributed by atoms with Gasteiger partial charge in [0.2, 0.25) is 0 Å². The molecule has 0 aliphatic rings. The first kappa shape index (κ1) is 18.3. The minimum Gasteiger partial charge on any atom is -0.272 e. The number of rotatable bonds is 5. The molecule has 1 heterocycles. The van der Waals surface area contributed by atoms with Crippen LogP contribution in [0, 0.1) is 17.0 Å². The van der Waals surface area contributed by atoms with Crippen LogP contribution >= 0.6 is 11.6 Å². The number of carbonyl (C=O) groups excluding carboxylic acids is 1. The van der Waals surface area contributed by atoms with Crippen molar-refractivity contribution in [1.29, 1.82) is 0 Å². The number of nitro benzene ring substituents is 1. The molecule has 3 rings (SSSR count). The van der Waals surface area contributed by atoms with E-state index in [1.807, 2.05) is 31.2 Å². The van der Waals surface area contributed by atoms with Crippen molar-refractivity contribution in [2.24, 2.45) is 5.10 Å². The molecule has 8 nitrogen and oxygen atoms in total. The minimum atomic E-state index is -0.588. The number of carbonyl (C=O) groups is 1. The summed E-state index contributed by atoms with van der Waals surface area (Å²) in [6.45, 7) is 1.99. The van der Waals surface area contributed by atoms with Gasteiger partial charge in [0.15, 0.2) is 0 Å². The number of aromatic amines is 1. The first-order valence-electron chi connectivity index (χ1n) is 7.84. The summed E-state index contributed by atoms with van der Waals surface area (Å²) < 4.78 is 0. The standard InChI is InChI=1S/C18H14ClN5O3/c1-11-2-5-13(6-3-11)15-9-16(22-21-15)18(25)23-20-10-12-4-7-14(19)17(8-12)24(26)27/h2-10H,1H3,(H,21,22)(H,23,25)/b20-10-. The summed E-state index contributed by atoms with van der Waals surface area (Å²) in [6, 6.07) is 13.6. The van der Waals surface area contributed by atoms with Gasteiger partial charge in [-0.15, -0.1) is 0 Å². The third-order valence-electron chi connectivity index (χ3n) is 3.72. The van der Waals surface area contributed by atoms with E-state index < -0.39 is 10.8 Å². The van der Waals surface area contributed by atoms with Gasteiger partial charge in [0, 0.05) is 17.2 Å². The molecular formula is C18H14ClN5O3. The van der Waals surface area contributed by atoms with Crippen LogP contribution in [-0.2, 0) is 0 Å². The van der Waals surface area contributed by atoms with E-state index in [0.29, 0.717) is 11.3 Å². The zero-order valence-electron chi connectivity index (χ0n) is 14.1. The van der Waals surface area contributed by atoms with Crippen molar-refractivity contribution >= 4 is 29.4 Å². The summed E-state index contributed by atoms with van der Waals surface area (Å²) in [7, 11) is 0. The maximum atomic E-state index is 12.1. The predicted octanol–water partition coefficient (Wildman–Crippen LogP) is 3.71. The first-order chi connectivity index (χ1) is 12.9. The molecule has 0 radical (unpaired) electrons. The second-order valence-corrected chi connectivity index (χ2v) is 6.11. The van der Waals surface area contributed by atoms with Crippen LogP contribution in [0.4, 0.5) is 5.69 Å². The van der Waals surface area contributed by atoms with Crippen LogP contribution in [0.5, 0.6) is 0 Å². The molecule has 27 heavy (non-hydrogen) atoms. The van der Waals surface area contributed by atoms with Crippen molar-refractivity contribution in [3.05, 3.63) is 80.5 Å². The van der Waals surface area contributed by atoms with Crippen molar-refractivity contribution in [2.75, 3.05) is 0 Å². The van der Waals surface area contributed by atoms with Gasteiger partial charge in [-0.3, -0.25) is 20.0 Å². The van der Waals surface area contributed by atoms with Crippen molar-refractivity contribution in [1.82, 2.24) is 15.6 Å². The molecule has 136 valence electrons. The highest BCUT2D eigenvalue weighted by atomic mass is 35.5. The van der Waals surface area contributed by atoms with Crippen LogP contribution in [0.25, 0.3) is 11.3 Å². The van der Waals surface area contributed by atoms with E-state index in [2.05, 4.69) is 20.7 Å². The largest absolute Gasteiger partial charge is 0.289 e. The Morgan fingerprint density at radius 3 is 2.70 bits per heavy atom. The van der Waals surface area contributed by atoms with Crippen LogP contribution in [0.2, 0.25) is 5.02 Å². The third-order valence-corrected chi connectivity index (χ3v) is 4.04. The van der Waals surface area contributed by atoms with Gasteiger partial charge in [0.1, 0.15) is 10.7 Å². The van der Waals surface area contributed by atoms with Gasteiger partial charge < -0.3 is 0 Å². The van der Waals surface area contributed by atoms with E-state index in [4.69, 9.17) is 11.6 Å². The van der Waals surface area contributed by atoms with Gasteiger partial charge in [-0.1, -0.05) is 47.5 Å². The second kappa shape index (κ2) is 7.79. The van der Waals surface area contributed by atoms with E-state index in [1.54, 1.807) is 12.1 Å². The Labute approximate surface area is 159 Å². The van der Waals surface area contributed by atoms with Crippen LogP contribution in [0.15, 0.2) is 53.6 Å². The van der Waals surface area contributed by atoms with E-state index in [0.717, 1.165) is 11.1 Å². The lowest BCUT2D eigenvalue weighted by Gasteiger charge is -1.98. The van der Waals surface area contributed by atoms with Crippen LogP contribution in [-0.4, -0.2) is 27.2 Å². The molecule has 0 saturated carbocycles. The number of aryl methyl sites for hydroxylation is 1. The summed E-state index contributed by atoms with van der Waals surface area (Å²) in [5.41, 5.74) is 5.42. The fourth-order valence-electron chi connectivity index (χ4n) is 2.29. The molecule has 0 spiro atoms. The summed E-state index contributed by atoms with van der Waals surface area (Å²) in [6.07, 6.45) is 1.29. The monoisotopic (exact) mass is 383 g/mol. The summed E-state index contributed by atoms with van der Waals surface area (Å²) in [5.74, 6) is -0.486. The lowest BCUT2D eigenvalue weighted by atomic mass is 10.1. The van der Waals surface area contributed by atoms with Gasteiger partial charge in [0.05, 0.1) is 16.8 Å². The maximum Gasteiger partial charge on any atom is 0.289 e. The molecule has 0 atom stereocenters. The minimum absolute atomic E-state index is 0.0299. The van der Waals surface area contributed by atoms with Gasteiger partial charge in [-0.05, 0) is 19.1 Å². The number of halogens is 1. The quantitative estimate of drug-likeness (QED) is 0.397. The van der Waals surface area contributed by atoms with Gasteiger partial charge in [-0.25, -0.2) is 5.43 Å². The first-order valence-corrected chi connectivity index (χ1v) is 8.21. The molecule has 0 saturated heterocycles. The Morgan fingerprint density at radius 2 is 2.00 bits per heavy atom. The van der Waals surface area contributed by atoms with Crippen molar-refractivity contribution < 1.29 is 9.72 Å². The second-order valence-electron chi connectivity index (χ2n) is 5.70. The molecule has 9 heteroatoms. The molecule has 2 aromatic carbocycles. The number of H-pyrrole nitrogens is 1. The van der Waals surface area contributed by atoms with Crippen molar-refractivity contribution in [3.8, 4) is 11.3 Å². The van der Waals surface area contributed by atoms with Gasteiger partial charge >= 0.3 is 0 Å². The predicted molar refractivity (Wildman–Crippen MR) is 102 cm³/mol. The summed E-state index contributed by atoms with van der Waals surface area (Å²) >= 11 is 5.75. The smallest absolute Gasteiger partial charge is 0.272 e. The zero-order chi connectivity index (χ0) is 19.4. The highest BCUT2D eigenvalue weighted by molar-refractivity contribution is 6.32. The highest BCUT2D eigenvalue weighted by Gasteiger charge is 2.12. The van der Waals surface area contributed by atoms with Gasteiger partial charge in [0.25, 0.3) is 11.6 Å². The average molecular weight is 384 g/mol. The van der Waals surface area contributed by atoms with Crippen LogP contribution < -0.4 is 5.43 Å². The van der Waals surface area contributed by atoms with Gasteiger partial charge in [-0.2, -0.15) is 10.2 Å². The number of hydrogen-bond donors (Lipinski definition) is 2. The Morgan fingerprint density at radius 1 is 1.26 bits per heavy atom. The molecule has 0 fully saturated rings. The van der Waals surface area contributed by atoms with E-state index in [1.165, 1.54) is 18.3 Å². The Hall–Kier alpha value is -3.52. The Kier molecular flexibility index (Phi) is 5.28. The number of hydrogen-bond acceptors (Lipinski definition) is 5. The fraction of sp³-hybridized carbons (Fsp3) is 0.0556. The molecule has 0 aliphatic heterocycles. The maximum absolute atomic E-state index is 12.1. The topological polar surface area (TPSA) is 113 Å². The summed E-state index contributed by atoms with van der Waals surface area (Å²) in [5, 5.41) is 21.5. The van der Waals surface area contributed by atoms with E-state index >= 15 is 0 Å². The van der Waals surface area contributed by atoms with E-state index in [9.17, 15) is 14.9 Å². The lowest BCUT2D eigenvalue weighted by molar-refractivity contribution is -0.384. The normalized spacial score (nSPS) is 10.9. The Balaban J connectivity index is 1.68. The number of hydrazone groups is 1. The van der Waals surface area contributed by atoms with Crippen LogP contribution in [0.3, 0.4) is 0 Å². The molecule has 1 amide bonds. The number of benzene rings is 2. The number of nitrogens with zero attached hydrogens (tertiary/aromatic N) is 3. The Bertz CT molecular complexity index is 1030. The average Bonchev–Trinajstić information content (AvgIpc) is 3.13. The molecule has 2 N–H and O–H groups in total. The van der Waals surface area contributed by atoms with Crippen molar-refractivity contribution in [3.63, 3.8) is 0 Å². The number of nitrogens with one attached hydrogen (secondary N) is 2. The number of nitro groups is 1. The molecule has 0 unspecified atom stereocenters. The molecular weight excluding hydrogens is 370 g/mol. The molecule has 3 aromatic rings. The lowest BCUT2D eigenvalue weighted by Crippen LogP contribution is -2.18. The fourth-order valence-corrected chi connectivity index (χ4v) is 2.47. The summed E-state index contributed by atoms with van der Waals surface area (Å²) in [4.78, 5) is 22.4. The van der Waals surface area contributed by atoms with E-state index in [-0.39, 0.29) is 16.4 Å². The molecule has 0 aliphatic carbocycles. The third kappa shape index (κ3) is 4.36. The molecule has 0 bridgehead atoms. The van der Waals surface area contributed by atoms with Crippen LogP contribution in [0.1, 0.15) is 21.6 Å². The molecule has 1 aromatic heterocycles. The zero-order valence-corrected chi connectivity index (χ0v) is 14.9. The number of amides is 1. The van der Waals surface area contributed by atoms with Crippen molar-refractivity contribution in [2.45, 2.75) is 6.92 Å². The number of aromatic nitrogens is 2. The SMILES string of the molecule is Cc1ccc(-c2cc(C(=O)N/N=C\c3ccc(Cl)c([N+](=O)[O-])c3)[nH]n2)cc1. The highest BCUT2D eigenvalue weighted by Crippen LogP contribution is 2.24.